The van der Waals surface area contributed by atoms with Crippen molar-refractivity contribution in [1.82, 2.24) is 24.7 Å². The van der Waals surface area contributed by atoms with Crippen molar-refractivity contribution in [2.24, 2.45) is 0 Å². The first kappa shape index (κ1) is 15.7. The number of alkyl halides is 2. The van der Waals surface area contributed by atoms with E-state index in [-0.39, 0.29) is 23.8 Å². The maximum atomic E-state index is 12.9. The summed E-state index contributed by atoms with van der Waals surface area (Å²) in [4.78, 5) is 22.0. The summed E-state index contributed by atoms with van der Waals surface area (Å²) in [6.45, 7) is -2.80. The molecule has 0 radical (unpaired) electrons. The van der Waals surface area contributed by atoms with Gasteiger partial charge in [-0.2, -0.15) is 13.9 Å². The molecule has 3 aromatic rings. The summed E-state index contributed by atoms with van der Waals surface area (Å²) in [5.41, 5.74) is 5.81. The van der Waals surface area contributed by atoms with Gasteiger partial charge in [-0.15, -0.1) is 11.3 Å². The molecule has 0 bridgehead atoms. The molecule has 0 atom stereocenters. The van der Waals surface area contributed by atoms with Crippen molar-refractivity contribution in [3.05, 3.63) is 43.2 Å². The van der Waals surface area contributed by atoms with Gasteiger partial charge in [-0.05, 0) is 15.9 Å². The molecule has 0 saturated carbocycles. The molecule has 3 N–H and O–H groups in total. The van der Waals surface area contributed by atoms with Crippen LogP contribution in [0.15, 0.2) is 27.0 Å². The van der Waals surface area contributed by atoms with Crippen molar-refractivity contribution >= 4 is 33.2 Å². The Balaban J connectivity index is 2.08. The number of aromatic amines is 1. The number of hydrogen-bond acceptors (Lipinski definition) is 6. The number of H-pyrrole nitrogens is 1. The van der Waals surface area contributed by atoms with E-state index in [0.29, 0.717) is 19.9 Å². The molecule has 7 nitrogen and oxygen atoms in total. The molecule has 0 aromatic carbocycles. The molecular weight excluding hydrogens is 394 g/mol. The predicted octanol–water partition coefficient (Wildman–Crippen LogP) is 2.42. The Morgan fingerprint density at radius 1 is 1.43 bits per heavy atom. The van der Waals surface area contributed by atoms with E-state index in [4.69, 9.17) is 5.73 Å². The van der Waals surface area contributed by atoms with E-state index in [1.54, 1.807) is 5.38 Å². The minimum atomic E-state index is -2.80. The highest BCUT2D eigenvalue weighted by molar-refractivity contribution is 9.10. The fourth-order valence-corrected chi connectivity index (χ4v) is 3.29. The number of aromatic nitrogens is 5. The fourth-order valence-electron chi connectivity index (χ4n) is 2.00. The van der Waals surface area contributed by atoms with Crippen molar-refractivity contribution in [2.75, 3.05) is 5.73 Å². The van der Waals surface area contributed by atoms with Gasteiger partial charge >= 0.3 is 6.55 Å². The average molecular weight is 403 g/mol. The lowest BCUT2D eigenvalue weighted by Gasteiger charge is -2.01. The second kappa shape index (κ2) is 6.16. The summed E-state index contributed by atoms with van der Waals surface area (Å²) in [5, 5.41) is 6.33. The molecule has 0 amide bonds. The zero-order chi connectivity index (χ0) is 16.6. The van der Waals surface area contributed by atoms with Crippen LogP contribution in [0.1, 0.15) is 17.1 Å². The smallest absolute Gasteiger partial charge is 0.333 e. The lowest BCUT2D eigenvalue weighted by molar-refractivity contribution is 0.0567. The number of hydrogen-bond donors (Lipinski definition) is 2. The Morgan fingerprint density at radius 2 is 2.22 bits per heavy atom. The Kier molecular flexibility index (Phi) is 4.22. The van der Waals surface area contributed by atoms with Gasteiger partial charge in [0.05, 0.1) is 5.01 Å². The number of thiazole rings is 1. The van der Waals surface area contributed by atoms with E-state index < -0.39 is 12.1 Å². The Labute approximate surface area is 140 Å². The molecule has 3 rings (SSSR count). The average Bonchev–Trinajstić information content (AvgIpc) is 3.05. The van der Waals surface area contributed by atoms with Gasteiger partial charge in [0, 0.05) is 29.6 Å². The lowest BCUT2D eigenvalue weighted by Crippen LogP contribution is -2.11. The molecule has 3 heterocycles. The van der Waals surface area contributed by atoms with Gasteiger partial charge in [0.1, 0.15) is 16.0 Å². The second-order valence-corrected chi connectivity index (χ2v) is 6.27. The van der Waals surface area contributed by atoms with Crippen molar-refractivity contribution in [3.8, 4) is 11.4 Å². The molecule has 0 fully saturated rings. The van der Waals surface area contributed by atoms with E-state index in [2.05, 4.69) is 36.0 Å². The third-order valence-corrected chi connectivity index (χ3v) is 4.43. The molecule has 0 spiro atoms. The number of nitrogens with one attached hydrogen (secondary N) is 1. The van der Waals surface area contributed by atoms with Crippen LogP contribution in [0.3, 0.4) is 0 Å². The zero-order valence-electron chi connectivity index (χ0n) is 11.3. The maximum Gasteiger partial charge on any atom is 0.333 e. The van der Waals surface area contributed by atoms with Gasteiger partial charge in [0.2, 0.25) is 5.95 Å². The highest BCUT2D eigenvalue weighted by Crippen LogP contribution is 2.26. The van der Waals surface area contributed by atoms with Crippen LogP contribution in [-0.4, -0.2) is 24.7 Å². The monoisotopic (exact) mass is 402 g/mol. The first-order chi connectivity index (χ1) is 10.9. The molecule has 3 aromatic heterocycles. The van der Waals surface area contributed by atoms with Gasteiger partial charge in [-0.3, -0.25) is 9.78 Å². The van der Waals surface area contributed by atoms with Crippen LogP contribution in [0.4, 0.5) is 14.7 Å². The van der Waals surface area contributed by atoms with E-state index >= 15 is 0 Å². The molecule has 11 heteroatoms. The maximum absolute atomic E-state index is 12.9. The van der Waals surface area contributed by atoms with Gasteiger partial charge in [-0.25, -0.2) is 14.6 Å². The fraction of sp³-hybridized carbons (Fsp3) is 0.167. The van der Waals surface area contributed by atoms with Gasteiger partial charge < -0.3 is 5.73 Å². The summed E-state index contributed by atoms with van der Waals surface area (Å²) in [6, 6.07) is 1.16. The van der Waals surface area contributed by atoms with Crippen molar-refractivity contribution in [3.63, 3.8) is 0 Å². The summed E-state index contributed by atoms with van der Waals surface area (Å²) in [7, 11) is 0. The summed E-state index contributed by atoms with van der Waals surface area (Å²) in [6.07, 6.45) is 1.50. The van der Waals surface area contributed by atoms with Crippen LogP contribution in [0.25, 0.3) is 11.4 Å². The molecule has 0 unspecified atom stereocenters. The number of rotatable bonds is 4. The highest BCUT2D eigenvalue weighted by Gasteiger charge is 2.18. The molecule has 0 aliphatic carbocycles. The normalized spacial score (nSPS) is 11.3. The number of nitrogens with two attached hydrogens (primary N) is 1. The summed E-state index contributed by atoms with van der Waals surface area (Å²) < 4.78 is 27.1. The van der Waals surface area contributed by atoms with E-state index in [0.717, 1.165) is 6.07 Å². The second-order valence-electron chi connectivity index (χ2n) is 4.52. The molecule has 120 valence electrons. The van der Waals surface area contributed by atoms with E-state index in [1.807, 2.05) is 0 Å². The number of nitrogens with zero attached hydrogens (tertiary/aromatic N) is 4. The number of anilines is 1. The summed E-state index contributed by atoms with van der Waals surface area (Å²) >= 11 is 4.62. The largest absolute Gasteiger partial charge is 0.369 e. The molecule has 0 saturated heterocycles. The standard InChI is InChI=1S/C12H9BrF2N6OS/c13-7-4-23-9(18-7)1-5-3-21(11(14)15)20-10(5)6-2-8(22)19-12(16)17-6/h2-4,11H,1H2,(H3,16,17,19,22). The molecular formula is C12H9BrF2N6OS. The van der Waals surface area contributed by atoms with E-state index in [9.17, 15) is 13.6 Å². The first-order valence-corrected chi connectivity index (χ1v) is 7.93. The van der Waals surface area contributed by atoms with Crippen LogP contribution < -0.4 is 11.3 Å². The third kappa shape index (κ3) is 3.45. The number of nitrogen functional groups attached to an aromatic ring is 1. The molecule has 0 aliphatic rings. The SMILES string of the molecule is Nc1nc(-c2nn(C(F)F)cc2Cc2nc(Br)cs2)cc(=O)[nH]1. The Hall–Kier alpha value is -2.14. The minimum Gasteiger partial charge on any atom is -0.369 e. The van der Waals surface area contributed by atoms with E-state index in [1.165, 1.54) is 17.5 Å². The van der Waals surface area contributed by atoms with Gasteiger partial charge in [0.25, 0.3) is 5.56 Å². The molecule has 0 aliphatic heterocycles. The lowest BCUT2D eigenvalue weighted by atomic mass is 10.1. The van der Waals surface area contributed by atoms with Gasteiger partial charge in [-0.1, -0.05) is 0 Å². The highest BCUT2D eigenvalue weighted by atomic mass is 79.9. The van der Waals surface area contributed by atoms with Crippen LogP contribution in [0.2, 0.25) is 0 Å². The van der Waals surface area contributed by atoms with Crippen LogP contribution in [0, 0.1) is 0 Å². The minimum absolute atomic E-state index is 0.109. The van der Waals surface area contributed by atoms with Crippen LogP contribution >= 0.6 is 27.3 Å². The van der Waals surface area contributed by atoms with Crippen LogP contribution in [0.5, 0.6) is 0 Å². The Morgan fingerprint density at radius 3 is 2.83 bits per heavy atom. The summed E-state index contributed by atoms with van der Waals surface area (Å²) in [5.74, 6) is -0.109. The predicted molar refractivity (Wildman–Crippen MR) is 84.4 cm³/mol. The Bertz CT molecular complexity index is 905. The van der Waals surface area contributed by atoms with Crippen molar-refractivity contribution in [2.45, 2.75) is 13.0 Å². The third-order valence-electron chi connectivity index (χ3n) is 2.88. The van der Waals surface area contributed by atoms with Gasteiger partial charge in [0.15, 0.2) is 0 Å². The van der Waals surface area contributed by atoms with Crippen molar-refractivity contribution < 1.29 is 8.78 Å². The van der Waals surface area contributed by atoms with Crippen molar-refractivity contribution in [1.29, 1.82) is 0 Å². The zero-order valence-corrected chi connectivity index (χ0v) is 13.7. The number of halogens is 3. The first-order valence-electron chi connectivity index (χ1n) is 6.25. The topological polar surface area (TPSA) is 102 Å². The van der Waals surface area contributed by atoms with Crippen LogP contribution in [-0.2, 0) is 6.42 Å². The molecule has 23 heavy (non-hydrogen) atoms. The quantitative estimate of drug-likeness (QED) is 0.697.